The van der Waals surface area contributed by atoms with E-state index in [9.17, 15) is 15.3 Å². The minimum Gasteiger partial charge on any atom is -0.394 e. The van der Waals surface area contributed by atoms with Crippen LogP contribution >= 0.6 is 0 Å². The highest BCUT2D eigenvalue weighted by molar-refractivity contribution is 5.22. The fourth-order valence-electron chi connectivity index (χ4n) is 2.13. The van der Waals surface area contributed by atoms with Gasteiger partial charge >= 0.3 is 0 Å². The molecule has 0 spiro atoms. The van der Waals surface area contributed by atoms with Crippen LogP contribution in [0.4, 0.5) is 0 Å². The molecule has 114 valence electrons. The van der Waals surface area contributed by atoms with Crippen LogP contribution in [-0.2, 0) is 9.47 Å². The molecule has 0 amide bonds. The average molecular weight is 295 g/mol. The van der Waals surface area contributed by atoms with Gasteiger partial charge in [0.05, 0.1) is 12.7 Å². The highest BCUT2D eigenvalue weighted by atomic mass is 16.7. The zero-order valence-electron chi connectivity index (χ0n) is 11.1. The van der Waals surface area contributed by atoms with Crippen molar-refractivity contribution < 1.29 is 29.9 Å². The summed E-state index contributed by atoms with van der Waals surface area (Å²) in [6, 6.07) is 10.5. The third kappa shape index (κ3) is 3.39. The van der Waals surface area contributed by atoms with E-state index in [-0.39, 0.29) is 0 Å². The molecule has 0 aromatic heterocycles. The lowest BCUT2D eigenvalue weighted by Gasteiger charge is -2.40. The Morgan fingerprint density at radius 1 is 1.14 bits per heavy atom. The summed E-state index contributed by atoms with van der Waals surface area (Å²) in [7, 11) is 0. The Balaban J connectivity index is 2.12. The normalized spacial score (nSPS) is 34.1. The van der Waals surface area contributed by atoms with E-state index < -0.39 is 43.4 Å². The molecule has 1 aromatic rings. The molecular weight excluding hydrogens is 278 g/mol. The molecule has 2 rings (SSSR count). The fraction of sp³-hybridized carbons (Fsp3) is 0.500. The van der Waals surface area contributed by atoms with E-state index in [2.05, 4.69) is 0 Å². The number of aliphatic hydroxyl groups excluding tert-OH is 4. The van der Waals surface area contributed by atoms with Gasteiger partial charge in [-0.1, -0.05) is 30.3 Å². The lowest BCUT2D eigenvalue weighted by atomic mass is 9.99. The molecule has 4 N–H and O–H groups in total. The maximum atomic E-state index is 9.86. The monoisotopic (exact) mass is 295 g/mol. The van der Waals surface area contributed by atoms with Gasteiger partial charge in [0.2, 0.25) is 0 Å². The quantitative estimate of drug-likeness (QED) is 0.565. The molecule has 0 saturated carbocycles. The summed E-state index contributed by atoms with van der Waals surface area (Å²) in [5, 5.41) is 47.5. The predicted molar refractivity (Wildman–Crippen MR) is 69.6 cm³/mol. The molecule has 0 radical (unpaired) electrons. The first-order valence-electron chi connectivity index (χ1n) is 6.49. The highest BCUT2D eigenvalue weighted by Crippen LogP contribution is 2.27. The van der Waals surface area contributed by atoms with Crippen molar-refractivity contribution in [2.24, 2.45) is 0 Å². The number of ether oxygens (including phenoxy) is 2. The van der Waals surface area contributed by atoms with E-state index >= 15 is 0 Å². The second-order valence-corrected chi connectivity index (χ2v) is 4.75. The molecule has 7 nitrogen and oxygen atoms in total. The van der Waals surface area contributed by atoms with Crippen LogP contribution in [0, 0.1) is 11.3 Å². The van der Waals surface area contributed by atoms with Crippen LogP contribution in [-0.4, -0.2) is 57.7 Å². The largest absolute Gasteiger partial charge is 0.394 e. The summed E-state index contributed by atoms with van der Waals surface area (Å²) in [6.45, 7) is -0.548. The zero-order chi connectivity index (χ0) is 15.4. The molecule has 1 saturated heterocycles. The molecular formula is C14H17NO6. The summed E-state index contributed by atoms with van der Waals surface area (Å²) in [5.41, 5.74) is 0.567. The number of aliphatic hydroxyl groups is 4. The molecule has 0 aliphatic carbocycles. The van der Waals surface area contributed by atoms with Gasteiger partial charge in [0, 0.05) is 0 Å². The molecule has 0 unspecified atom stereocenters. The van der Waals surface area contributed by atoms with Crippen LogP contribution < -0.4 is 0 Å². The molecule has 7 heteroatoms. The minimum atomic E-state index is -1.53. The first-order valence-corrected chi connectivity index (χ1v) is 6.49. The van der Waals surface area contributed by atoms with Crippen LogP contribution in [0.25, 0.3) is 0 Å². The molecule has 6 atom stereocenters. The van der Waals surface area contributed by atoms with Crippen LogP contribution in [0.3, 0.4) is 0 Å². The standard InChI is InChI=1S/C14H17NO6/c15-6-9(8-4-2-1-3-5-8)20-14-13(19)12(18)11(17)10(7-16)21-14/h1-5,9-14,16-19H,7H2/t9-,10-,11-,12+,13-,14+/m0/s1. The SMILES string of the molecule is N#C[C@H](O[C@@H]1O[C@@H](CO)[C@H](O)[C@@H](O)[C@@H]1O)c1ccccc1. The van der Waals surface area contributed by atoms with Crippen molar-refractivity contribution in [3.05, 3.63) is 35.9 Å². The van der Waals surface area contributed by atoms with Crippen molar-refractivity contribution in [1.29, 1.82) is 5.26 Å². The van der Waals surface area contributed by atoms with Crippen molar-refractivity contribution in [2.45, 2.75) is 36.8 Å². The van der Waals surface area contributed by atoms with Crippen LogP contribution in [0.1, 0.15) is 11.7 Å². The van der Waals surface area contributed by atoms with Crippen molar-refractivity contribution in [3.63, 3.8) is 0 Å². The fourth-order valence-corrected chi connectivity index (χ4v) is 2.13. The Morgan fingerprint density at radius 2 is 1.81 bits per heavy atom. The Hall–Kier alpha value is -1.53. The van der Waals surface area contributed by atoms with Crippen molar-refractivity contribution in [2.75, 3.05) is 6.61 Å². The number of nitriles is 1. The van der Waals surface area contributed by atoms with E-state index in [4.69, 9.17) is 19.8 Å². The molecule has 1 aliphatic rings. The van der Waals surface area contributed by atoms with Gasteiger partial charge in [-0.3, -0.25) is 0 Å². The van der Waals surface area contributed by atoms with Gasteiger partial charge < -0.3 is 29.9 Å². The summed E-state index contributed by atoms with van der Waals surface area (Å²) < 4.78 is 10.6. The number of nitrogens with zero attached hydrogens (tertiary/aromatic N) is 1. The van der Waals surface area contributed by atoms with E-state index in [0.717, 1.165) is 0 Å². The third-order valence-corrected chi connectivity index (χ3v) is 3.34. The Kier molecular flexibility index (Phi) is 5.25. The third-order valence-electron chi connectivity index (χ3n) is 3.34. The molecule has 21 heavy (non-hydrogen) atoms. The van der Waals surface area contributed by atoms with Gasteiger partial charge in [0.15, 0.2) is 12.4 Å². The Morgan fingerprint density at radius 3 is 2.38 bits per heavy atom. The average Bonchev–Trinajstić information content (AvgIpc) is 2.53. The molecule has 1 heterocycles. The minimum absolute atomic E-state index is 0.548. The van der Waals surface area contributed by atoms with Crippen LogP contribution in [0.15, 0.2) is 30.3 Å². The van der Waals surface area contributed by atoms with E-state index in [1.165, 1.54) is 0 Å². The maximum Gasteiger partial charge on any atom is 0.188 e. The summed E-state index contributed by atoms with van der Waals surface area (Å²) in [6.07, 6.45) is -7.91. The van der Waals surface area contributed by atoms with Crippen molar-refractivity contribution >= 4 is 0 Å². The molecule has 1 aliphatic heterocycles. The predicted octanol–water partition coefficient (Wildman–Crippen LogP) is -0.932. The van der Waals surface area contributed by atoms with Gasteiger partial charge in [0.25, 0.3) is 0 Å². The van der Waals surface area contributed by atoms with Crippen LogP contribution in [0.2, 0.25) is 0 Å². The molecule has 0 bridgehead atoms. The lowest BCUT2D eigenvalue weighted by Crippen LogP contribution is -2.59. The molecule has 1 aromatic carbocycles. The number of rotatable bonds is 4. The summed E-state index contributed by atoms with van der Waals surface area (Å²) in [5.74, 6) is 0. The first kappa shape index (κ1) is 15.9. The zero-order valence-corrected chi connectivity index (χ0v) is 11.1. The topological polar surface area (TPSA) is 123 Å². The van der Waals surface area contributed by atoms with Crippen molar-refractivity contribution in [3.8, 4) is 6.07 Å². The summed E-state index contributed by atoms with van der Waals surface area (Å²) >= 11 is 0. The second-order valence-electron chi connectivity index (χ2n) is 4.75. The van der Waals surface area contributed by atoms with Gasteiger partial charge in [-0.25, -0.2) is 0 Å². The number of hydrogen-bond donors (Lipinski definition) is 4. The van der Waals surface area contributed by atoms with Crippen molar-refractivity contribution in [1.82, 2.24) is 0 Å². The van der Waals surface area contributed by atoms with Gasteiger partial charge in [-0.2, -0.15) is 5.26 Å². The summed E-state index contributed by atoms with van der Waals surface area (Å²) in [4.78, 5) is 0. The van der Waals surface area contributed by atoms with E-state index in [1.807, 2.05) is 6.07 Å². The van der Waals surface area contributed by atoms with E-state index in [1.54, 1.807) is 30.3 Å². The first-order chi connectivity index (χ1) is 10.1. The van der Waals surface area contributed by atoms with E-state index in [0.29, 0.717) is 5.56 Å². The van der Waals surface area contributed by atoms with Gasteiger partial charge in [0.1, 0.15) is 24.4 Å². The maximum absolute atomic E-state index is 9.86. The lowest BCUT2D eigenvalue weighted by molar-refractivity contribution is -0.307. The highest BCUT2D eigenvalue weighted by Gasteiger charge is 2.44. The molecule has 1 fully saturated rings. The smallest absolute Gasteiger partial charge is 0.188 e. The van der Waals surface area contributed by atoms with Gasteiger partial charge in [-0.15, -0.1) is 0 Å². The Bertz CT molecular complexity index is 488. The number of benzene rings is 1. The van der Waals surface area contributed by atoms with Crippen LogP contribution in [0.5, 0.6) is 0 Å². The second kappa shape index (κ2) is 6.95. The van der Waals surface area contributed by atoms with Gasteiger partial charge in [-0.05, 0) is 5.56 Å². The Labute approximate surface area is 121 Å². The number of hydrogen-bond acceptors (Lipinski definition) is 7.